The number of nitro groups is 1. The number of carbonyl (C=O) groups excluding carboxylic acids is 1. The highest BCUT2D eigenvalue weighted by molar-refractivity contribution is 6.05. The number of phenols is 1. The van der Waals surface area contributed by atoms with Gasteiger partial charge in [0.1, 0.15) is 17.2 Å². The second-order valence-corrected chi connectivity index (χ2v) is 6.10. The van der Waals surface area contributed by atoms with Crippen molar-refractivity contribution >= 4 is 29.2 Å². The SMILES string of the molecule is COc1ccc(NC(=O)c2ccc(NN=Cc3ccccc3O)c([N+](=O)[O-])c2)cc1. The maximum absolute atomic E-state index is 12.4. The van der Waals surface area contributed by atoms with E-state index in [2.05, 4.69) is 15.8 Å². The number of nitrogens with one attached hydrogen (secondary N) is 2. The highest BCUT2D eigenvalue weighted by Gasteiger charge is 2.17. The molecule has 3 rings (SSSR count). The van der Waals surface area contributed by atoms with Crippen LogP contribution in [0.4, 0.5) is 17.1 Å². The van der Waals surface area contributed by atoms with E-state index in [9.17, 15) is 20.0 Å². The number of hydrogen-bond donors (Lipinski definition) is 3. The lowest BCUT2D eigenvalue weighted by Gasteiger charge is -2.08. The molecule has 0 heterocycles. The molecule has 0 fully saturated rings. The van der Waals surface area contributed by atoms with Crippen molar-refractivity contribution in [2.24, 2.45) is 5.10 Å². The highest BCUT2D eigenvalue weighted by Crippen LogP contribution is 2.26. The molecule has 0 radical (unpaired) electrons. The van der Waals surface area contributed by atoms with Crippen molar-refractivity contribution in [1.29, 1.82) is 0 Å². The van der Waals surface area contributed by atoms with Gasteiger partial charge in [-0.1, -0.05) is 12.1 Å². The van der Waals surface area contributed by atoms with E-state index in [1.54, 1.807) is 42.5 Å². The molecule has 9 heteroatoms. The Morgan fingerprint density at radius 3 is 2.53 bits per heavy atom. The van der Waals surface area contributed by atoms with Gasteiger partial charge in [0, 0.05) is 22.9 Å². The number of nitrogens with zero attached hydrogens (tertiary/aromatic N) is 2. The van der Waals surface area contributed by atoms with E-state index >= 15 is 0 Å². The minimum Gasteiger partial charge on any atom is -0.507 e. The number of ether oxygens (including phenoxy) is 1. The van der Waals surface area contributed by atoms with Crippen molar-refractivity contribution in [1.82, 2.24) is 0 Å². The third-order valence-corrected chi connectivity index (χ3v) is 4.13. The first-order valence-corrected chi connectivity index (χ1v) is 8.79. The van der Waals surface area contributed by atoms with Gasteiger partial charge < -0.3 is 15.2 Å². The minimum atomic E-state index is -0.609. The van der Waals surface area contributed by atoms with E-state index in [4.69, 9.17) is 4.74 Å². The van der Waals surface area contributed by atoms with Gasteiger partial charge in [0.2, 0.25) is 0 Å². The molecule has 0 spiro atoms. The van der Waals surface area contributed by atoms with Gasteiger partial charge in [-0.25, -0.2) is 0 Å². The average molecular weight is 406 g/mol. The molecule has 0 atom stereocenters. The molecule has 9 nitrogen and oxygen atoms in total. The van der Waals surface area contributed by atoms with Crippen molar-refractivity contribution in [2.45, 2.75) is 0 Å². The molecule has 152 valence electrons. The van der Waals surface area contributed by atoms with Crippen molar-refractivity contribution in [3.8, 4) is 11.5 Å². The van der Waals surface area contributed by atoms with E-state index in [-0.39, 0.29) is 22.7 Å². The molecule has 3 aromatic carbocycles. The Kier molecular flexibility index (Phi) is 6.23. The molecule has 0 aromatic heterocycles. The summed E-state index contributed by atoms with van der Waals surface area (Å²) in [5.41, 5.74) is 3.45. The van der Waals surface area contributed by atoms with Crippen LogP contribution in [0.15, 0.2) is 71.8 Å². The summed E-state index contributed by atoms with van der Waals surface area (Å²) >= 11 is 0. The zero-order valence-corrected chi connectivity index (χ0v) is 15.9. The maximum atomic E-state index is 12.4. The summed E-state index contributed by atoms with van der Waals surface area (Å²) in [6, 6.07) is 17.2. The third kappa shape index (κ3) is 4.90. The first-order chi connectivity index (χ1) is 14.5. The topological polar surface area (TPSA) is 126 Å². The fraction of sp³-hybridized carbons (Fsp3) is 0.0476. The van der Waals surface area contributed by atoms with Gasteiger partial charge in [-0.3, -0.25) is 20.3 Å². The van der Waals surface area contributed by atoms with Crippen LogP contribution >= 0.6 is 0 Å². The third-order valence-electron chi connectivity index (χ3n) is 4.13. The molecule has 3 aromatic rings. The molecule has 0 aliphatic carbocycles. The largest absolute Gasteiger partial charge is 0.507 e. The Hall–Kier alpha value is -4.40. The predicted molar refractivity (Wildman–Crippen MR) is 113 cm³/mol. The Labute approximate surface area is 171 Å². The number of nitro benzene ring substituents is 1. The molecule has 30 heavy (non-hydrogen) atoms. The van der Waals surface area contributed by atoms with Crippen molar-refractivity contribution in [3.05, 3.63) is 88.0 Å². The molecule has 0 unspecified atom stereocenters. The number of methoxy groups -OCH3 is 1. The number of hydrazone groups is 1. The van der Waals surface area contributed by atoms with E-state index < -0.39 is 10.8 Å². The van der Waals surface area contributed by atoms with Crippen molar-refractivity contribution in [2.75, 3.05) is 17.9 Å². The fourth-order valence-corrected chi connectivity index (χ4v) is 2.56. The lowest BCUT2D eigenvalue weighted by molar-refractivity contribution is -0.384. The van der Waals surface area contributed by atoms with Crippen LogP contribution < -0.4 is 15.5 Å². The zero-order chi connectivity index (χ0) is 21.5. The van der Waals surface area contributed by atoms with Crippen molar-refractivity contribution < 1.29 is 19.6 Å². The quantitative estimate of drug-likeness (QED) is 0.309. The standard InChI is InChI=1S/C21H18N4O5/c1-30-17-9-7-16(8-10-17)23-21(27)14-6-11-18(19(12-14)25(28)29)24-22-13-15-4-2-3-5-20(15)26/h2-13,24,26H,1H3,(H,23,27). The summed E-state index contributed by atoms with van der Waals surface area (Å²) in [4.78, 5) is 23.3. The van der Waals surface area contributed by atoms with Gasteiger partial charge in [-0.15, -0.1) is 0 Å². The smallest absolute Gasteiger partial charge is 0.294 e. The normalized spacial score (nSPS) is 10.6. The molecular formula is C21H18N4O5. The summed E-state index contributed by atoms with van der Waals surface area (Å²) in [5.74, 6) is 0.180. The number of amides is 1. The number of phenolic OH excluding ortho intramolecular Hbond substituents is 1. The van der Waals surface area contributed by atoms with Gasteiger partial charge in [0.25, 0.3) is 11.6 Å². The summed E-state index contributed by atoms with van der Waals surface area (Å²) in [6.07, 6.45) is 1.34. The van der Waals surface area contributed by atoms with Gasteiger partial charge in [0.05, 0.1) is 18.2 Å². The number of benzene rings is 3. The Bertz CT molecular complexity index is 1100. The van der Waals surface area contributed by atoms with Crippen LogP contribution in [0.2, 0.25) is 0 Å². The number of aromatic hydroxyl groups is 1. The second kappa shape index (κ2) is 9.20. The second-order valence-electron chi connectivity index (χ2n) is 6.10. The van der Waals surface area contributed by atoms with E-state index in [1.807, 2.05) is 0 Å². The van der Waals surface area contributed by atoms with Crippen molar-refractivity contribution in [3.63, 3.8) is 0 Å². The van der Waals surface area contributed by atoms with Crippen LogP contribution in [-0.2, 0) is 0 Å². The van der Waals surface area contributed by atoms with Crippen LogP contribution in [0, 0.1) is 10.1 Å². The Morgan fingerprint density at radius 2 is 1.87 bits per heavy atom. The fourth-order valence-electron chi connectivity index (χ4n) is 2.56. The summed E-state index contributed by atoms with van der Waals surface area (Å²) < 4.78 is 5.06. The number of rotatable bonds is 7. The molecule has 0 aliphatic rings. The van der Waals surface area contributed by atoms with Gasteiger partial charge in [-0.2, -0.15) is 5.10 Å². The first-order valence-electron chi connectivity index (χ1n) is 8.79. The average Bonchev–Trinajstić information content (AvgIpc) is 2.75. The van der Waals surface area contributed by atoms with Gasteiger partial charge >= 0.3 is 0 Å². The van der Waals surface area contributed by atoms with Crippen LogP contribution in [-0.4, -0.2) is 29.3 Å². The minimum absolute atomic E-state index is 0.0306. The Balaban J connectivity index is 1.76. The van der Waals surface area contributed by atoms with E-state index in [0.717, 1.165) is 6.07 Å². The van der Waals surface area contributed by atoms with Crippen LogP contribution in [0.3, 0.4) is 0 Å². The van der Waals surface area contributed by atoms with Crippen LogP contribution in [0.25, 0.3) is 0 Å². The molecule has 0 bridgehead atoms. The van der Waals surface area contributed by atoms with Crippen LogP contribution in [0.5, 0.6) is 11.5 Å². The monoisotopic (exact) mass is 406 g/mol. The summed E-state index contributed by atoms with van der Waals surface area (Å²) in [6.45, 7) is 0. The molecule has 0 saturated heterocycles. The molecule has 0 saturated carbocycles. The summed E-state index contributed by atoms with van der Waals surface area (Å²) in [5, 5.41) is 27.8. The maximum Gasteiger partial charge on any atom is 0.294 e. The number of anilines is 2. The lowest BCUT2D eigenvalue weighted by atomic mass is 10.1. The van der Waals surface area contributed by atoms with E-state index in [0.29, 0.717) is 17.0 Å². The van der Waals surface area contributed by atoms with Gasteiger partial charge in [-0.05, 0) is 48.5 Å². The zero-order valence-electron chi connectivity index (χ0n) is 15.9. The number of hydrogen-bond acceptors (Lipinski definition) is 7. The molecule has 0 aliphatic heterocycles. The Morgan fingerprint density at radius 1 is 1.13 bits per heavy atom. The molecule has 3 N–H and O–H groups in total. The molecule has 1 amide bonds. The first kappa shape index (κ1) is 20.3. The van der Waals surface area contributed by atoms with E-state index in [1.165, 1.54) is 31.5 Å². The summed E-state index contributed by atoms with van der Waals surface area (Å²) in [7, 11) is 1.54. The molecular weight excluding hydrogens is 388 g/mol. The lowest BCUT2D eigenvalue weighted by Crippen LogP contribution is -2.12. The predicted octanol–water partition coefficient (Wildman–Crippen LogP) is 4.01. The van der Waals surface area contributed by atoms with Crippen LogP contribution in [0.1, 0.15) is 15.9 Å². The number of carbonyl (C=O) groups is 1. The number of para-hydroxylation sites is 1. The highest BCUT2D eigenvalue weighted by atomic mass is 16.6. The van der Waals surface area contributed by atoms with Gasteiger partial charge in [0.15, 0.2) is 0 Å².